The summed E-state index contributed by atoms with van der Waals surface area (Å²) in [5.41, 5.74) is 1.12. The van der Waals surface area contributed by atoms with E-state index in [1.54, 1.807) is 25.6 Å². The lowest BCUT2D eigenvalue weighted by Crippen LogP contribution is -2.23. The number of rotatable bonds is 7. The van der Waals surface area contributed by atoms with Gasteiger partial charge in [-0.05, 0) is 52.5 Å². The van der Waals surface area contributed by atoms with Crippen molar-refractivity contribution in [2.45, 2.75) is 19.4 Å². The van der Waals surface area contributed by atoms with Gasteiger partial charge in [0.1, 0.15) is 11.5 Å². The third-order valence-corrected chi connectivity index (χ3v) is 5.19. The van der Waals surface area contributed by atoms with E-state index < -0.39 is 0 Å². The molecule has 1 aromatic carbocycles. The Kier molecular flexibility index (Phi) is 6.08. The second-order valence-electron chi connectivity index (χ2n) is 4.63. The molecule has 0 aliphatic heterocycles. The fraction of sp³-hybridized carbons (Fsp3) is 0.375. The summed E-state index contributed by atoms with van der Waals surface area (Å²) in [5.74, 6) is 1.64. The highest BCUT2D eigenvalue weighted by molar-refractivity contribution is 9.10. The molecule has 1 N–H and O–H groups in total. The molecule has 0 saturated heterocycles. The van der Waals surface area contributed by atoms with Crippen molar-refractivity contribution in [3.05, 3.63) is 44.6 Å². The first-order chi connectivity index (χ1) is 10.2. The van der Waals surface area contributed by atoms with E-state index in [0.29, 0.717) is 0 Å². The lowest BCUT2D eigenvalue weighted by molar-refractivity contribution is 0.387. The molecule has 1 heterocycles. The Labute approximate surface area is 138 Å². The van der Waals surface area contributed by atoms with Crippen LogP contribution in [0.2, 0.25) is 0 Å². The van der Waals surface area contributed by atoms with Crippen LogP contribution >= 0.6 is 27.3 Å². The molecule has 114 valence electrons. The Morgan fingerprint density at radius 3 is 2.62 bits per heavy atom. The van der Waals surface area contributed by atoms with Gasteiger partial charge in [-0.1, -0.05) is 6.92 Å². The van der Waals surface area contributed by atoms with Crippen LogP contribution < -0.4 is 14.8 Å². The standard InChI is InChI=1S/C16H20BrNO2S/c1-4-8-18-15(16-13(17)7-9-21-16)12-6-5-11(19-2)10-14(12)20-3/h5-7,9-10,15,18H,4,8H2,1-3H3. The van der Waals surface area contributed by atoms with Gasteiger partial charge in [-0.3, -0.25) is 0 Å². The van der Waals surface area contributed by atoms with Crippen molar-refractivity contribution in [3.8, 4) is 11.5 Å². The molecular weight excluding hydrogens is 350 g/mol. The monoisotopic (exact) mass is 369 g/mol. The number of methoxy groups -OCH3 is 2. The van der Waals surface area contributed by atoms with Crippen molar-refractivity contribution in [1.29, 1.82) is 0 Å². The second-order valence-corrected chi connectivity index (χ2v) is 6.43. The highest BCUT2D eigenvalue weighted by Crippen LogP contribution is 2.38. The maximum atomic E-state index is 5.56. The summed E-state index contributed by atoms with van der Waals surface area (Å²) in [6.07, 6.45) is 1.08. The van der Waals surface area contributed by atoms with Crippen molar-refractivity contribution in [2.24, 2.45) is 0 Å². The minimum atomic E-state index is 0.111. The van der Waals surface area contributed by atoms with Crippen LogP contribution in [-0.2, 0) is 0 Å². The summed E-state index contributed by atoms with van der Waals surface area (Å²) in [5, 5.41) is 5.69. The summed E-state index contributed by atoms with van der Waals surface area (Å²) < 4.78 is 12.0. The number of hydrogen-bond acceptors (Lipinski definition) is 4. The van der Waals surface area contributed by atoms with Gasteiger partial charge in [0.15, 0.2) is 0 Å². The molecule has 0 saturated carbocycles. The number of hydrogen-bond donors (Lipinski definition) is 1. The van der Waals surface area contributed by atoms with Crippen LogP contribution in [-0.4, -0.2) is 20.8 Å². The summed E-state index contributed by atoms with van der Waals surface area (Å²) in [7, 11) is 3.36. The predicted molar refractivity (Wildman–Crippen MR) is 91.7 cm³/mol. The molecule has 3 nitrogen and oxygen atoms in total. The van der Waals surface area contributed by atoms with E-state index in [4.69, 9.17) is 9.47 Å². The quantitative estimate of drug-likeness (QED) is 0.772. The molecule has 0 aliphatic carbocycles. The molecule has 0 aliphatic rings. The Hall–Kier alpha value is -1.04. The third kappa shape index (κ3) is 3.78. The summed E-state index contributed by atoms with van der Waals surface area (Å²) >= 11 is 5.37. The van der Waals surface area contributed by atoms with Gasteiger partial charge in [0.2, 0.25) is 0 Å². The Bertz CT molecular complexity index is 585. The van der Waals surface area contributed by atoms with Crippen molar-refractivity contribution in [2.75, 3.05) is 20.8 Å². The van der Waals surface area contributed by atoms with Gasteiger partial charge in [-0.2, -0.15) is 0 Å². The van der Waals surface area contributed by atoms with Crippen LogP contribution in [0, 0.1) is 0 Å². The molecule has 0 spiro atoms. The van der Waals surface area contributed by atoms with E-state index in [9.17, 15) is 0 Å². The number of halogens is 1. The molecule has 1 aromatic heterocycles. The van der Waals surface area contributed by atoms with E-state index in [-0.39, 0.29) is 6.04 Å². The van der Waals surface area contributed by atoms with Gasteiger partial charge in [-0.25, -0.2) is 0 Å². The Balaban J connectivity index is 2.43. The van der Waals surface area contributed by atoms with Gasteiger partial charge in [0.05, 0.1) is 20.3 Å². The van der Waals surface area contributed by atoms with Gasteiger partial charge in [-0.15, -0.1) is 11.3 Å². The zero-order chi connectivity index (χ0) is 15.2. The van der Waals surface area contributed by atoms with Crippen LogP contribution in [0.1, 0.15) is 29.8 Å². The highest BCUT2D eigenvalue weighted by atomic mass is 79.9. The maximum absolute atomic E-state index is 5.56. The van der Waals surface area contributed by atoms with Gasteiger partial charge in [0.25, 0.3) is 0 Å². The van der Waals surface area contributed by atoms with Crippen LogP contribution in [0.15, 0.2) is 34.1 Å². The number of benzene rings is 1. The zero-order valence-electron chi connectivity index (χ0n) is 12.5. The van der Waals surface area contributed by atoms with Crippen molar-refractivity contribution < 1.29 is 9.47 Å². The molecule has 0 radical (unpaired) electrons. The van der Waals surface area contributed by atoms with Gasteiger partial charge >= 0.3 is 0 Å². The summed E-state index contributed by atoms with van der Waals surface area (Å²) in [6.45, 7) is 3.11. The van der Waals surface area contributed by atoms with Crippen LogP contribution in [0.4, 0.5) is 0 Å². The number of thiophene rings is 1. The van der Waals surface area contributed by atoms with E-state index in [2.05, 4.69) is 45.7 Å². The zero-order valence-corrected chi connectivity index (χ0v) is 14.9. The van der Waals surface area contributed by atoms with E-state index in [0.717, 1.165) is 34.5 Å². The molecule has 2 aromatic rings. The normalized spacial score (nSPS) is 12.2. The first kappa shape index (κ1) is 16.3. The molecule has 1 atom stereocenters. The van der Waals surface area contributed by atoms with E-state index >= 15 is 0 Å². The van der Waals surface area contributed by atoms with Gasteiger partial charge < -0.3 is 14.8 Å². The molecule has 0 fully saturated rings. The van der Waals surface area contributed by atoms with E-state index in [1.165, 1.54) is 4.88 Å². The maximum Gasteiger partial charge on any atom is 0.127 e. The summed E-state index contributed by atoms with van der Waals surface area (Å²) in [6, 6.07) is 8.16. The molecular formula is C16H20BrNO2S. The molecule has 1 unspecified atom stereocenters. The minimum absolute atomic E-state index is 0.111. The van der Waals surface area contributed by atoms with E-state index in [1.807, 2.05) is 12.1 Å². The SMILES string of the molecule is CCCNC(c1ccc(OC)cc1OC)c1sccc1Br. The molecule has 0 bridgehead atoms. The third-order valence-electron chi connectivity index (χ3n) is 3.26. The first-order valence-electron chi connectivity index (χ1n) is 6.89. The van der Waals surface area contributed by atoms with Crippen LogP contribution in [0.5, 0.6) is 11.5 Å². The molecule has 2 rings (SSSR count). The van der Waals surface area contributed by atoms with Crippen molar-refractivity contribution >= 4 is 27.3 Å². The smallest absolute Gasteiger partial charge is 0.127 e. The lowest BCUT2D eigenvalue weighted by atomic mass is 10.0. The Morgan fingerprint density at radius 2 is 2.05 bits per heavy atom. The minimum Gasteiger partial charge on any atom is -0.497 e. The van der Waals surface area contributed by atoms with Crippen LogP contribution in [0.3, 0.4) is 0 Å². The second kappa shape index (κ2) is 7.82. The lowest BCUT2D eigenvalue weighted by Gasteiger charge is -2.21. The molecule has 0 amide bonds. The Morgan fingerprint density at radius 1 is 1.24 bits per heavy atom. The number of nitrogens with one attached hydrogen (secondary N) is 1. The largest absolute Gasteiger partial charge is 0.497 e. The highest BCUT2D eigenvalue weighted by Gasteiger charge is 2.21. The molecule has 5 heteroatoms. The number of ether oxygens (including phenoxy) is 2. The average Bonchev–Trinajstić information content (AvgIpc) is 2.94. The first-order valence-corrected chi connectivity index (χ1v) is 8.56. The topological polar surface area (TPSA) is 30.5 Å². The fourth-order valence-corrected chi connectivity index (χ4v) is 3.90. The summed E-state index contributed by atoms with van der Waals surface area (Å²) in [4.78, 5) is 1.26. The van der Waals surface area contributed by atoms with Crippen molar-refractivity contribution in [3.63, 3.8) is 0 Å². The molecule has 21 heavy (non-hydrogen) atoms. The van der Waals surface area contributed by atoms with Crippen molar-refractivity contribution in [1.82, 2.24) is 5.32 Å². The van der Waals surface area contributed by atoms with Gasteiger partial charge in [0, 0.05) is 21.0 Å². The van der Waals surface area contributed by atoms with Crippen LogP contribution in [0.25, 0.3) is 0 Å². The fourth-order valence-electron chi connectivity index (χ4n) is 2.20. The predicted octanol–water partition coefficient (Wildman–Crippen LogP) is 4.62. The average molecular weight is 370 g/mol.